The van der Waals surface area contributed by atoms with Crippen molar-refractivity contribution in [2.24, 2.45) is 0 Å². The van der Waals surface area contributed by atoms with E-state index in [0.717, 1.165) is 23.7 Å². The van der Waals surface area contributed by atoms with Gasteiger partial charge in [-0.3, -0.25) is 0 Å². The maximum absolute atomic E-state index is 5.30. The number of anilines is 1. The molecule has 0 fully saturated rings. The largest absolute Gasteiger partial charge is 0.495 e. The number of rotatable bonds is 4. The van der Waals surface area contributed by atoms with Gasteiger partial charge < -0.3 is 9.64 Å². The molecule has 0 saturated carbocycles. The molecule has 1 rings (SSSR count). The van der Waals surface area contributed by atoms with Crippen molar-refractivity contribution in [2.45, 2.75) is 6.92 Å². The smallest absolute Gasteiger partial charge is 0.142 e. The van der Waals surface area contributed by atoms with Crippen LogP contribution in [0.3, 0.4) is 0 Å². The van der Waals surface area contributed by atoms with Crippen molar-refractivity contribution < 1.29 is 4.74 Å². The van der Waals surface area contributed by atoms with Gasteiger partial charge in [0.2, 0.25) is 0 Å². The molecule has 14 heavy (non-hydrogen) atoms. The van der Waals surface area contributed by atoms with Gasteiger partial charge >= 0.3 is 0 Å². The molecule has 0 atom stereocenters. The summed E-state index contributed by atoms with van der Waals surface area (Å²) in [7, 11) is 3.75. The van der Waals surface area contributed by atoms with Crippen molar-refractivity contribution in [1.82, 2.24) is 0 Å². The summed E-state index contributed by atoms with van der Waals surface area (Å²) in [5.41, 5.74) is 2.37. The summed E-state index contributed by atoms with van der Waals surface area (Å²) < 4.78 is 5.30. The molecule has 78 valence electrons. The van der Waals surface area contributed by atoms with Crippen LogP contribution in [0.15, 0.2) is 18.2 Å². The number of benzene rings is 1. The van der Waals surface area contributed by atoms with E-state index < -0.39 is 0 Å². The summed E-state index contributed by atoms with van der Waals surface area (Å²) in [6.45, 7) is 3.00. The summed E-state index contributed by atoms with van der Waals surface area (Å²) in [6, 6.07) is 6.18. The topological polar surface area (TPSA) is 12.5 Å². The number of thiol groups is 1. The second kappa shape index (κ2) is 5.15. The Morgan fingerprint density at radius 3 is 2.71 bits per heavy atom. The lowest BCUT2D eigenvalue weighted by Gasteiger charge is -2.21. The molecule has 0 heterocycles. The third-order valence-corrected chi connectivity index (χ3v) is 2.38. The molecule has 0 aliphatic heterocycles. The molecule has 0 bridgehead atoms. The molecule has 0 N–H and O–H groups in total. The Morgan fingerprint density at radius 2 is 2.14 bits per heavy atom. The molecule has 0 unspecified atom stereocenters. The zero-order chi connectivity index (χ0) is 10.6. The molecular weight excluding hydrogens is 194 g/mol. The van der Waals surface area contributed by atoms with Gasteiger partial charge in [-0.05, 0) is 24.6 Å². The van der Waals surface area contributed by atoms with E-state index in [2.05, 4.69) is 36.6 Å². The minimum atomic E-state index is 0.841. The van der Waals surface area contributed by atoms with E-state index in [0.29, 0.717) is 0 Å². The Morgan fingerprint density at radius 1 is 1.43 bits per heavy atom. The fraction of sp³-hybridized carbons (Fsp3) is 0.455. The lowest BCUT2D eigenvalue weighted by atomic mass is 10.2. The van der Waals surface area contributed by atoms with Crippen LogP contribution in [-0.2, 0) is 0 Å². The van der Waals surface area contributed by atoms with Gasteiger partial charge in [0.1, 0.15) is 5.75 Å². The molecule has 1 aromatic carbocycles. The normalized spacial score (nSPS) is 10.0. The minimum absolute atomic E-state index is 0.841. The van der Waals surface area contributed by atoms with E-state index in [1.54, 1.807) is 7.11 Å². The van der Waals surface area contributed by atoms with Crippen molar-refractivity contribution in [3.8, 4) is 5.75 Å². The van der Waals surface area contributed by atoms with Crippen LogP contribution in [0, 0.1) is 6.92 Å². The minimum Gasteiger partial charge on any atom is -0.495 e. The summed E-state index contributed by atoms with van der Waals surface area (Å²) in [6.07, 6.45) is 0. The SMILES string of the molecule is COc1ccc(C)cc1N(C)CCS. The molecule has 0 aliphatic rings. The van der Waals surface area contributed by atoms with Crippen LogP contribution < -0.4 is 9.64 Å². The average molecular weight is 211 g/mol. The van der Waals surface area contributed by atoms with Crippen LogP contribution in [0.2, 0.25) is 0 Å². The Bertz CT molecular complexity index is 301. The van der Waals surface area contributed by atoms with Crippen molar-refractivity contribution in [1.29, 1.82) is 0 Å². The molecule has 0 aromatic heterocycles. The fourth-order valence-electron chi connectivity index (χ4n) is 1.37. The zero-order valence-corrected chi connectivity index (χ0v) is 9.84. The Hall–Kier alpha value is -0.830. The third kappa shape index (κ3) is 2.58. The summed E-state index contributed by atoms with van der Waals surface area (Å²) in [4.78, 5) is 2.15. The highest BCUT2D eigenvalue weighted by Crippen LogP contribution is 2.28. The Labute approximate surface area is 91.3 Å². The molecule has 0 radical (unpaired) electrons. The first-order valence-electron chi connectivity index (χ1n) is 4.65. The number of aryl methyl sites for hydroxylation is 1. The predicted octanol–water partition coefficient (Wildman–Crippen LogP) is 2.37. The monoisotopic (exact) mass is 211 g/mol. The maximum Gasteiger partial charge on any atom is 0.142 e. The predicted molar refractivity (Wildman–Crippen MR) is 64.9 cm³/mol. The summed E-state index contributed by atoms with van der Waals surface area (Å²) in [5.74, 6) is 1.76. The van der Waals surface area contributed by atoms with Gasteiger partial charge in [0.05, 0.1) is 12.8 Å². The number of nitrogens with zero attached hydrogens (tertiary/aromatic N) is 1. The molecular formula is C11H17NOS. The molecule has 2 nitrogen and oxygen atoms in total. The highest BCUT2D eigenvalue weighted by atomic mass is 32.1. The van der Waals surface area contributed by atoms with Crippen molar-refractivity contribution >= 4 is 18.3 Å². The van der Waals surface area contributed by atoms with Crippen LogP contribution in [0.25, 0.3) is 0 Å². The standard InChI is InChI=1S/C11H17NOS/c1-9-4-5-11(13-3)10(8-9)12(2)6-7-14/h4-5,8,14H,6-7H2,1-3H3. The van der Waals surface area contributed by atoms with Crippen LogP contribution >= 0.6 is 12.6 Å². The van der Waals surface area contributed by atoms with Gasteiger partial charge in [-0.25, -0.2) is 0 Å². The van der Waals surface area contributed by atoms with Gasteiger partial charge in [0.25, 0.3) is 0 Å². The average Bonchev–Trinajstić information content (AvgIpc) is 2.18. The van der Waals surface area contributed by atoms with Gasteiger partial charge in [-0.1, -0.05) is 6.07 Å². The Kier molecular flexibility index (Phi) is 4.14. The number of methoxy groups -OCH3 is 1. The van der Waals surface area contributed by atoms with Crippen LogP contribution in [0.5, 0.6) is 5.75 Å². The highest BCUT2D eigenvalue weighted by molar-refractivity contribution is 7.80. The summed E-state index contributed by atoms with van der Waals surface area (Å²) >= 11 is 4.22. The van der Waals surface area contributed by atoms with Gasteiger partial charge in [0.15, 0.2) is 0 Å². The van der Waals surface area contributed by atoms with E-state index in [1.807, 2.05) is 13.1 Å². The van der Waals surface area contributed by atoms with Crippen LogP contribution in [0.4, 0.5) is 5.69 Å². The summed E-state index contributed by atoms with van der Waals surface area (Å²) in [5, 5.41) is 0. The first kappa shape index (κ1) is 11.2. The second-order valence-electron chi connectivity index (χ2n) is 3.32. The lowest BCUT2D eigenvalue weighted by molar-refractivity contribution is 0.415. The van der Waals surface area contributed by atoms with E-state index in [9.17, 15) is 0 Å². The van der Waals surface area contributed by atoms with Crippen LogP contribution in [-0.4, -0.2) is 26.5 Å². The number of hydrogen-bond acceptors (Lipinski definition) is 3. The van der Waals surface area contributed by atoms with Gasteiger partial charge in [-0.15, -0.1) is 0 Å². The first-order valence-corrected chi connectivity index (χ1v) is 5.29. The van der Waals surface area contributed by atoms with Gasteiger partial charge in [-0.2, -0.15) is 12.6 Å². The first-order chi connectivity index (χ1) is 6.69. The molecule has 0 spiro atoms. The van der Waals surface area contributed by atoms with Crippen molar-refractivity contribution in [2.75, 3.05) is 31.4 Å². The highest BCUT2D eigenvalue weighted by Gasteiger charge is 2.06. The van der Waals surface area contributed by atoms with E-state index in [1.165, 1.54) is 5.56 Å². The molecule has 1 aromatic rings. The van der Waals surface area contributed by atoms with Crippen LogP contribution in [0.1, 0.15) is 5.56 Å². The lowest BCUT2D eigenvalue weighted by Crippen LogP contribution is -2.20. The molecule has 0 saturated heterocycles. The van der Waals surface area contributed by atoms with E-state index in [-0.39, 0.29) is 0 Å². The van der Waals surface area contributed by atoms with Crippen molar-refractivity contribution in [3.05, 3.63) is 23.8 Å². The number of hydrogen-bond donors (Lipinski definition) is 1. The molecule has 3 heteroatoms. The van der Waals surface area contributed by atoms with Gasteiger partial charge in [0, 0.05) is 19.3 Å². The maximum atomic E-state index is 5.30. The van der Waals surface area contributed by atoms with Crippen molar-refractivity contribution in [3.63, 3.8) is 0 Å². The zero-order valence-electron chi connectivity index (χ0n) is 8.95. The van der Waals surface area contributed by atoms with E-state index >= 15 is 0 Å². The quantitative estimate of drug-likeness (QED) is 0.768. The molecule has 0 aliphatic carbocycles. The third-order valence-electron chi connectivity index (χ3n) is 2.18. The molecule has 0 amide bonds. The van der Waals surface area contributed by atoms with E-state index in [4.69, 9.17) is 4.74 Å². The number of ether oxygens (including phenoxy) is 1. The Balaban J connectivity index is 2.97. The fourth-order valence-corrected chi connectivity index (χ4v) is 1.67. The second-order valence-corrected chi connectivity index (χ2v) is 3.77.